The van der Waals surface area contributed by atoms with Crippen molar-refractivity contribution in [3.63, 3.8) is 0 Å². The van der Waals surface area contributed by atoms with E-state index in [4.69, 9.17) is 17.0 Å². The summed E-state index contributed by atoms with van der Waals surface area (Å²) in [6.45, 7) is 5.75. The van der Waals surface area contributed by atoms with Crippen molar-refractivity contribution in [2.24, 2.45) is 0 Å². The van der Waals surface area contributed by atoms with Crippen LogP contribution in [0.5, 0.6) is 5.75 Å². The Bertz CT molecular complexity index is 980. The first-order valence-corrected chi connectivity index (χ1v) is 9.91. The molecule has 0 spiro atoms. The molecule has 27 heavy (non-hydrogen) atoms. The molecule has 0 aliphatic rings. The fourth-order valence-corrected chi connectivity index (χ4v) is 3.91. The van der Waals surface area contributed by atoms with E-state index in [-0.39, 0.29) is 0 Å². The van der Waals surface area contributed by atoms with Crippen LogP contribution < -0.4 is 10.1 Å². The zero-order valence-corrected chi connectivity index (χ0v) is 17.7. The Morgan fingerprint density at radius 1 is 1.22 bits per heavy atom. The van der Waals surface area contributed by atoms with Gasteiger partial charge in [0, 0.05) is 6.54 Å². The van der Waals surface area contributed by atoms with E-state index in [9.17, 15) is 0 Å². The Morgan fingerprint density at radius 2 is 2.00 bits per heavy atom. The fourth-order valence-electron chi connectivity index (χ4n) is 2.90. The highest BCUT2D eigenvalue weighted by Gasteiger charge is 2.10. The molecule has 3 rings (SSSR count). The van der Waals surface area contributed by atoms with Gasteiger partial charge in [-0.25, -0.2) is 4.68 Å². The van der Waals surface area contributed by atoms with Crippen molar-refractivity contribution in [2.75, 3.05) is 19.5 Å². The van der Waals surface area contributed by atoms with Crippen LogP contribution >= 0.6 is 23.6 Å². The van der Waals surface area contributed by atoms with Gasteiger partial charge in [0.05, 0.1) is 19.5 Å². The highest BCUT2D eigenvalue weighted by atomic mass is 32.1. The topological polar surface area (TPSA) is 42.3 Å². The molecule has 7 heteroatoms. The third kappa shape index (κ3) is 4.94. The summed E-state index contributed by atoms with van der Waals surface area (Å²) in [6.07, 6.45) is 0. The van der Waals surface area contributed by atoms with Crippen LogP contribution in [-0.2, 0) is 13.2 Å². The Morgan fingerprint density at radius 3 is 2.74 bits per heavy atom. The van der Waals surface area contributed by atoms with Crippen LogP contribution in [0.3, 0.4) is 0 Å². The zero-order valence-electron chi connectivity index (χ0n) is 16.0. The number of hydrogen-bond acceptors (Lipinski definition) is 6. The van der Waals surface area contributed by atoms with Gasteiger partial charge in [-0.2, -0.15) is 0 Å². The number of para-hydroxylation sites is 2. The maximum absolute atomic E-state index is 5.50. The van der Waals surface area contributed by atoms with Gasteiger partial charge in [-0.15, -0.1) is 5.10 Å². The molecule has 142 valence electrons. The number of nitrogens with zero attached hydrogens (tertiary/aromatic N) is 3. The lowest BCUT2D eigenvalue weighted by atomic mass is 10.1. The number of ether oxygens (including phenoxy) is 1. The van der Waals surface area contributed by atoms with E-state index in [0.717, 1.165) is 27.1 Å². The Labute approximate surface area is 169 Å². The maximum Gasteiger partial charge on any atom is 0.209 e. The van der Waals surface area contributed by atoms with E-state index < -0.39 is 0 Å². The number of aryl methyl sites for hydroxylation is 2. The van der Waals surface area contributed by atoms with Gasteiger partial charge in [-0.3, -0.25) is 4.90 Å². The highest BCUT2D eigenvalue weighted by molar-refractivity contribution is 7.73. The number of hydrogen-bond donors (Lipinski definition) is 1. The summed E-state index contributed by atoms with van der Waals surface area (Å²) in [6, 6.07) is 14.3. The molecule has 0 radical (unpaired) electrons. The normalized spacial score (nSPS) is 11.0. The Kier molecular flexibility index (Phi) is 6.26. The first kappa shape index (κ1) is 19.5. The lowest BCUT2D eigenvalue weighted by molar-refractivity contribution is 0.245. The van der Waals surface area contributed by atoms with Crippen LogP contribution in [0, 0.1) is 17.8 Å². The molecule has 0 bridgehead atoms. The summed E-state index contributed by atoms with van der Waals surface area (Å²) in [7, 11) is 3.73. The van der Waals surface area contributed by atoms with Gasteiger partial charge in [0.15, 0.2) is 3.95 Å². The SMILES string of the molecule is COc1ccccc1Nc1nn(CN(C)Cc2ccc(C)cc2C)c(=S)s1. The summed E-state index contributed by atoms with van der Waals surface area (Å²) in [5.41, 5.74) is 4.78. The van der Waals surface area contributed by atoms with Crippen LogP contribution in [0.4, 0.5) is 10.8 Å². The molecule has 0 saturated heterocycles. The molecule has 5 nitrogen and oxygen atoms in total. The van der Waals surface area contributed by atoms with Gasteiger partial charge in [-0.1, -0.05) is 47.2 Å². The average Bonchev–Trinajstić information content (AvgIpc) is 2.97. The number of methoxy groups -OCH3 is 1. The smallest absolute Gasteiger partial charge is 0.209 e. The second-order valence-corrected chi connectivity index (χ2v) is 8.21. The molecule has 0 fully saturated rings. The molecule has 0 atom stereocenters. The summed E-state index contributed by atoms with van der Waals surface area (Å²) in [4.78, 5) is 2.21. The average molecular weight is 401 g/mol. The van der Waals surface area contributed by atoms with Crippen LogP contribution in [0.1, 0.15) is 16.7 Å². The first-order chi connectivity index (χ1) is 13.0. The van der Waals surface area contributed by atoms with Gasteiger partial charge < -0.3 is 10.1 Å². The molecule has 2 aromatic carbocycles. The molecule has 0 amide bonds. The molecule has 0 aliphatic carbocycles. The lowest BCUT2D eigenvalue weighted by Crippen LogP contribution is -2.22. The summed E-state index contributed by atoms with van der Waals surface area (Å²) >= 11 is 6.95. The van der Waals surface area contributed by atoms with Crippen molar-refractivity contribution in [3.05, 3.63) is 63.1 Å². The van der Waals surface area contributed by atoms with Gasteiger partial charge in [-0.05, 0) is 56.4 Å². The maximum atomic E-state index is 5.50. The quantitative estimate of drug-likeness (QED) is 0.557. The minimum Gasteiger partial charge on any atom is -0.495 e. The number of aromatic nitrogens is 2. The van der Waals surface area contributed by atoms with Crippen molar-refractivity contribution < 1.29 is 4.74 Å². The van der Waals surface area contributed by atoms with E-state index in [1.54, 1.807) is 7.11 Å². The second-order valence-electron chi connectivity index (χ2n) is 6.58. The largest absolute Gasteiger partial charge is 0.495 e. The van der Waals surface area contributed by atoms with Crippen molar-refractivity contribution in [2.45, 2.75) is 27.1 Å². The monoisotopic (exact) mass is 400 g/mol. The minimum atomic E-state index is 0.635. The standard InChI is InChI=1S/C20H24N4OS2/c1-14-9-10-16(15(2)11-14)12-23(3)13-24-20(26)27-19(22-24)21-17-7-5-6-8-18(17)25-4/h5-11H,12-13H2,1-4H3,(H,21,22). The molecule has 3 aromatic rings. The number of nitrogens with one attached hydrogen (secondary N) is 1. The predicted molar refractivity (Wildman–Crippen MR) is 115 cm³/mol. The third-order valence-electron chi connectivity index (χ3n) is 4.27. The number of anilines is 2. The van der Waals surface area contributed by atoms with E-state index in [1.807, 2.05) is 28.9 Å². The second kappa shape index (κ2) is 8.65. The molecular weight excluding hydrogens is 376 g/mol. The van der Waals surface area contributed by atoms with Gasteiger partial charge in [0.2, 0.25) is 5.13 Å². The minimum absolute atomic E-state index is 0.635. The van der Waals surface area contributed by atoms with E-state index in [0.29, 0.717) is 6.67 Å². The van der Waals surface area contributed by atoms with Crippen molar-refractivity contribution >= 4 is 34.4 Å². The molecule has 1 aromatic heterocycles. The van der Waals surface area contributed by atoms with Crippen molar-refractivity contribution in [1.82, 2.24) is 14.7 Å². The molecular formula is C20H24N4OS2. The van der Waals surface area contributed by atoms with Gasteiger partial charge in [0.25, 0.3) is 0 Å². The molecule has 0 saturated carbocycles. The van der Waals surface area contributed by atoms with Crippen LogP contribution in [0.25, 0.3) is 0 Å². The molecule has 1 heterocycles. The number of benzene rings is 2. The predicted octanol–water partition coefficient (Wildman–Crippen LogP) is 5.13. The summed E-state index contributed by atoms with van der Waals surface area (Å²) in [5.74, 6) is 0.775. The van der Waals surface area contributed by atoms with Crippen molar-refractivity contribution in [3.8, 4) is 5.75 Å². The van der Waals surface area contributed by atoms with Gasteiger partial charge >= 0.3 is 0 Å². The number of rotatable bonds is 7. The lowest BCUT2D eigenvalue weighted by Gasteiger charge is -2.18. The first-order valence-electron chi connectivity index (χ1n) is 8.69. The van der Waals surface area contributed by atoms with Crippen molar-refractivity contribution in [1.29, 1.82) is 0 Å². The highest BCUT2D eigenvalue weighted by Crippen LogP contribution is 2.28. The fraction of sp³-hybridized carbons (Fsp3) is 0.300. The molecule has 0 unspecified atom stereocenters. The van der Waals surface area contributed by atoms with E-state index in [2.05, 4.69) is 54.4 Å². The summed E-state index contributed by atoms with van der Waals surface area (Å²) < 4.78 is 7.96. The third-order valence-corrected chi connectivity index (χ3v) is 5.49. The molecule has 0 aliphatic heterocycles. The Balaban J connectivity index is 1.70. The van der Waals surface area contributed by atoms with Crippen LogP contribution in [-0.4, -0.2) is 28.8 Å². The van der Waals surface area contributed by atoms with Crippen LogP contribution in [0.15, 0.2) is 42.5 Å². The summed E-state index contributed by atoms with van der Waals surface area (Å²) in [5, 5.41) is 8.67. The van der Waals surface area contributed by atoms with Crippen LogP contribution in [0.2, 0.25) is 0 Å². The molecule has 1 N–H and O–H groups in total. The Hall–Kier alpha value is -2.22. The van der Waals surface area contributed by atoms with E-state index in [1.165, 1.54) is 28.0 Å². The van der Waals surface area contributed by atoms with Gasteiger partial charge in [0.1, 0.15) is 5.75 Å². The zero-order chi connectivity index (χ0) is 19.4. The van der Waals surface area contributed by atoms with E-state index >= 15 is 0 Å².